The predicted octanol–water partition coefficient (Wildman–Crippen LogP) is 4.40. The fourth-order valence-corrected chi connectivity index (χ4v) is 3.66. The maximum Gasteiger partial charge on any atom is 0.469 e. The number of allylic oxidation sites excluding steroid dienone is 2. The minimum absolute atomic E-state index is 0.0694. The smallest absolute Gasteiger partial charge is 0.395 e. The van der Waals surface area contributed by atoms with Crippen LogP contribution in [0.3, 0.4) is 0 Å². The molecule has 0 unspecified atom stereocenters. The van der Waals surface area contributed by atoms with E-state index in [2.05, 4.69) is 23.6 Å². The molecule has 0 aliphatic heterocycles. The van der Waals surface area contributed by atoms with Crippen LogP contribution in [0.5, 0.6) is 0 Å². The highest BCUT2D eigenvalue weighted by molar-refractivity contribution is 7.46. The van der Waals surface area contributed by atoms with E-state index in [4.69, 9.17) is 25.1 Å². The first kappa shape index (κ1) is 34.9. The first-order valence-electron chi connectivity index (χ1n) is 12.8. The third-order valence-electron chi connectivity index (χ3n) is 5.16. The fraction of sp³-hybridized carbons (Fsp3) is 0.917. The minimum Gasteiger partial charge on any atom is -0.395 e. The molecule has 0 rings (SSSR count). The Hall–Kier alpha value is -0.310. The minimum atomic E-state index is -4.26. The summed E-state index contributed by atoms with van der Waals surface area (Å²) in [6.07, 6.45) is 21.7. The lowest BCUT2D eigenvalue weighted by molar-refractivity contribution is 0.136. The van der Waals surface area contributed by atoms with Crippen molar-refractivity contribution < 1.29 is 34.2 Å². The van der Waals surface area contributed by atoms with E-state index in [9.17, 15) is 4.57 Å². The van der Waals surface area contributed by atoms with Gasteiger partial charge in [-0.05, 0) is 32.1 Å². The molecule has 8 nitrogen and oxygen atoms in total. The second-order valence-electron chi connectivity index (χ2n) is 8.27. The number of rotatable bonds is 23. The summed E-state index contributed by atoms with van der Waals surface area (Å²) >= 11 is 0. The number of hydrogen-bond donors (Lipinski definition) is 5. The van der Waals surface area contributed by atoms with Gasteiger partial charge in [-0.15, -0.1) is 0 Å². The molecule has 0 aliphatic carbocycles. The van der Waals surface area contributed by atoms with E-state index >= 15 is 0 Å². The van der Waals surface area contributed by atoms with Crippen molar-refractivity contribution in [2.45, 2.75) is 96.8 Å². The van der Waals surface area contributed by atoms with Crippen molar-refractivity contribution >= 4 is 7.82 Å². The van der Waals surface area contributed by atoms with E-state index in [0.29, 0.717) is 19.6 Å². The van der Waals surface area contributed by atoms with Crippen LogP contribution in [0, 0.1) is 0 Å². The Morgan fingerprint density at radius 3 is 1.45 bits per heavy atom. The number of phosphoric acid groups is 1. The van der Waals surface area contributed by atoms with Crippen LogP contribution in [0.1, 0.15) is 96.8 Å². The SMILES string of the molecule is CCCCCCCCC=CCCCCCCCCOP(=O)(O)O.OCCN(CCO)CCO. The van der Waals surface area contributed by atoms with Gasteiger partial charge in [-0.2, -0.15) is 0 Å². The molecule has 200 valence electrons. The molecule has 0 saturated carbocycles. The Bertz CT molecular complexity index is 432. The van der Waals surface area contributed by atoms with Gasteiger partial charge in [0.2, 0.25) is 0 Å². The molecule has 0 heterocycles. The third-order valence-corrected chi connectivity index (χ3v) is 5.68. The Labute approximate surface area is 202 Å². The van der Waals surface area contributed by atoms with Crippen LogP contribution in [0.25, 0.3) is 0 Å². The average molecular weight is 498 g/mol. The fourth-order valence-electron chi connectivity index (χ4n) is 3.29. The first-order valence-corrected chi connectivity index (χ1v) is 14.3. The lowest BCUT2D eigenvalue weighted by Crippen LogP contribution is -2.32. The molecule has 0 bridgehead atoms. The monoisotopic (exact) mass is 497 g/mol. The summed E-state index contributed by atoms with van der Waals surface area (Å²) in [4.78, 5) is 18.8. The quantitative estimate of drug-likeness (QED) is 0.0798. The number of hydrogen-bond acceptors (Lipinski definition) is 6. The van der Waals surface area contributed by atoms with Crippen molar-refractivity contribution in [2.24, 2.45) is 0 Å². The van der Waals surface area contributed by atoms with Gasteiger partial charge in [-0.3, -0.25) is 9.42 Å². The van der Waals surface area contributed by atoms with Crippen LogP contribution in [0.2, 0.25) is 0 Å². The molecule has 0 radical (unpaired) electrons. The summed E-state index contributed by atoms with van der Waals surface area (Å²) in [7, 11) is -4.26. The number of aliphatic hydroxyl groups excluding tert-OH is 3. The molecule has 0 aromatic carbocycles. The molecule has 0 aromatic heterocycles. The Balaban J connectivity index is 0. The van der Waals surface area contributed by atoms with Crippen molar-refractivity contribution in [2.75, 3.05) is 46.1 Å². The standard InChI is InChI=1S/C18H37O4P.C6H15NO3/c1-2-3-4-5-6-7-8-9-10-11-12-13-14-15-16-17-18-22-23(19,20)21;8-4-1-7(2-5-9)3-6-10/h9-10H,2-8,11-18H2,1H3,(H2,19,20,21);8-10H,1-6H2. The molecule has 0 spiro atoms. The molecule has 0 saturated heterocycles. The number of unbranched alkanes of at least 4 members (excludes halogenated alkanes) is 12. The second kappa shape index (κ2) is 27.9. The van der Waals surface area contributed by atoms with Crippen molar-refractivity contribution in [3.8, 4) is 0 Å². The van der Waals surface area contributed by atoms with Crippen LogP contribution in [0.4, 0.5) is 0 Å². The normalized spacial score (nSPS) is 11.8. The van der Waals surface area contributed by atoms with E-state index in [1.54, 1.807) is 4.90 Å². The van der Waals surface area contributed by atoms with Gasteiger partial charge in [0.25, 0.3) is 0 Å². The Morgan fingerprint density at radius 2 is 1.06 bits per heavy atom. The van der Waals surface area contributed by atoms with Crippen molar-refractivity contribution in [1.82, 2.24) is 4.90 Å². The molecule has 0 amide bonds. The zero-order chi connectivity index (χ0) is 25.0. The van der Waals surface area contributed by atoms with E-state index in [-0.39, 0.29) is 26.4 Å². The molecule has 0 aromatic rings. The summed E-state index contributed by atoms with van der Waals surface area (Å²) < 4.78 is 14.9. The maximum atomic E-state index is 10.5. The van der Waals surface area contributed by atoms with Gasteiger partial charge >= 0.3 is 7.82 Å². The maximum absolute atomic E-state index is 10.5. The van der Waals surface area contributed by atoms with Crippen LogP contribution in [0.15, 0.2) is 12.2 Å². The highest BCUT2D eigenvalue weighted by atomic mass is 31.2. The van der Waals surface area contributed by atoms with Gasteiger partial charge in [-0.25, -0.2) is 4.57 Å². The van der Waals surface area contributed by atoms with Crippen molar-refractivity contribution in [3.63, 3.8) is 0 Å². The van der Waals surface area contributed by atoms with Crippen molar-refractivity contribution in [1.29, 1.82) is 0 Å². The largest absolute Gasteiger partial charge is 0.469 e. The molecular weight excluding hydrogens is 445 g/mol. The average Bonchev–Trinajstić information content (AvgIpc) is 2.76. The highest BCUT2D eigenvalue weighted by Crippen LogP contribution is 2.35. The van der Waals surface area contributed by atoms with Crippen LogP contribution < -0.4 is 0 Å². The van der Waals surface area contributed by atoms with Crippen LogP contribution >= 0.6 is 7.82 Å². The molecular formula is C24H52NO7P. The molecule has 0 atom stereocenters. The Morgan fingerprint density at radius 1 is 0.667 bits per heavy atom. The molecule has 33 heavy (non-hydrogen) atoms. The molecule has 0 fully saturated rings. The van der Waals surface area contributed by atoms with Crippen LogP contribution in [-0.2, 0) is 9.09 Å². The van der Waals surface area contributed by atoms with Crippen molar-refractivity contribution in [3.05, 3.63) is 12.2 Å². The topological polar surface area (TPSA) is 131 Å². The predicted molar refractivity (Wildman–Crippen MR) is 135 cm³/mol. The number of phosphoric ester groups is 1. The van der Waals surface area contributed by atoms with Gasteiger partial charge < -0.3 is 25.1 Å². The van der Waals surface area contributed by atoms with E-state index < -0.39 is 7.82 Å². The summed E-state index contributed by atoms with van der Waals surface area (Å²) in [5.41, 5.74) is 0. The summed E-state index contributed by atoms with van der Waals surface area (Å²) in [5, 5.41) is 25.5. The zero-order valence-corrected chi connectivity index (χ0v) is 21.8. The van der Waals surface area contributed by atoms with Gasteiger partial charge in [0, 0.05) is 19.6 Å². The Kier molecular flexibility index (Phi) is 29.5. The number of aliphatic hydroxyl groups is 3. The lowest BCUT2D eigenvalue weighted by Gasteiger charge is -2.17. The molecule has 9 heteroatoms. The van der Waals surface area contributed by atoms with Gasteiger partial charge in [0.15, 0.2) is 0 Å². The van der Waals surface area contributed by atoms with Crippen LogP contribution in [-0.4, -0.2) is 76.1 Å². The van der Waals surface area contributed by atoms with Gasteiger partial charge in [0.05, 0.1) is 26.4 Å². The zero-order valence-electron chi connectivity index (χ0n) is 21.0. The summed E-state index contributed by atoms with van der Waals surface area (Å²) in [5.74, 6) is 0. The molecule has 5 N–H and O–H groups in total. The summed E-state index contributed by atoms with van der Waals surface area (Å²) in [6.45, 7) is 4.17. The first-order chi connectivity index (χ1) is 15.9. The highest BCUT2D eigenvalue weighted by Gasteiger charge is 2.12. The van der Waals surface area contributed by atoms with Gasteiger partial charge in [0.1, 0.15) is 0 Å². The lowest BCUT2D eigenvalue weighted by atomic mass is 10.1. The third kappa shape index (κ3) is 33.9. The molecule has 0 aliphatic rings. The van der Waals surface area contributed by atoms with E-state index in [1.807, 2.05) is 0 Å². The number of nitrogens with zero attached hydrogens (tertiary/aromatic N) is 1. The van der Waals surface area contributed by atoms with E-state index in [1.165, 1.54) is 70.6 Å². The summed E-state index contributed by atoms with van der Waals surface area (Å²) in [6, 6.07) is 0. The van der Waals surface area contributed by atoms with E-state index in [0.717, 1.165) is 19.3 Å². The second-order valence-corrected chi connectivity index (χ2v) is 9.51. The van der Waals surface area contributed by atoms with Gasteiger partial charge in [-0.1, -0.05) is 76.9 Å².